The number of nitrogens with zero attached hydrogens (tertiary/aromatic N) is 5. The van der Waals surface area contributed by atoms with Gasteiger partial charge in [0.25, 0.3) is 5.91 Å². The zero-order valence-corrected chi connectivity index (χ0v) is 18.8. The number of aliphatic hydroxyl groups is 1. The van der Waals surface area contributed by atoms with Gasteiger partial charge in [0, 0.05) is 30.5 Å². The molecule has 1 amide bonds. The van der Waals surface area contributed by atoms with Crippen LogP contribution in [0.25, 0.3) is 16.6 Å². The highest BCUT2D eigenvalue weighted by molar-refractivity contribution is 6.09. The molecular formula is C23H23F3N6O3. The molecular weight excluding hydrogens is 465 g/mol. The van der Waals surface area contributed by atoms with Crippen molar-refractivity contribution in [2.75, 3.05) is 19.0 Å². The molecule has 2 N–H and O–H groups in total. The Morgan fingerprint density at radius 3 is 2.71 bits per heavy atom. The summed E-state index contributed by atoms with van der Waals surface area (Å²) >= 11 is 0. The normalized spacial score (nSPS) is 18.8. The smallest absolute Gasteiger partial charge is 0.433 e. The van der Waals surface area contributed by atoms with Crippen LogP contribution >= 0.6 is 0 Å². The first-order valence-electron chi connectivity index (χ1n) is 11.2. The highest BCUT2D eigenvalue weighted by Crippen LogP contribution is 2.35. The van der Waals surface area contributed by atoms with E-state index in [0.29, 0.717) is 22.9 Å². The van der Waals surface area contributed by atoms with E-state index in [-0.39, 0.29) is 23.9 Å². The van der Waals surface area contributed by atoms with E-state index in [2.05, 4.69) is 20.5 Å². The van der Waals surface area contributed by atoms with Gasteiger partial charge in [0.1, 0.15) is 17.0 Å². The van der Waals surface area contributed by atoms with Gasteiger partial charge in [-0.15, -0.1) is 0 Å². The average Bonchev–Trinajstić information content (AvgIpc) is 3.46. The fourth-order valence-electron chi connectivity index (χ4n) is 4.49. The van der Waals surface area contributed by atoms with Crippen LogP contribution in [0.5, 0.6) is 5.75 Å². The first-order chi connectivity index (χ1) is 16.8. The van der Waals surface area contributed by atoms with Crippen molar-refractivity contribution < 1.29 is 27.8 Å². The number of aromatic nitrogens is 5. The van der Waals surface area contributed by atoms with Crippen molar-refractivity contribution in [3.05, 3.63) is 48.0 Å². The van der Waals surface area contributed by atoms with Crippen molar-refractivity contribution in [3.63, 3.8) is 0 Å². The molecule has 184 valence electrons. The molecule has 0 saturated heterocycles. The molecule has 12 heteroatoms. The number of rotatable bonds is 5. The Morgan fingerprint density at radius 2 is 2.03 bits per heavy atom. The number of alkyl halides is 3. The number of hydrogen-bond acceptors (Lipinski definition) is 6. The number of nitrogens with one attached hydrogen (secondary N) is 1. The lowest BCUT2D eigenvalue weighted by molar-refractivity contribution is -0.141. The van der Waals surface area contributed by atoms with Gasteiger partial charge in [-0.3, -0.25) is 9.48 Å². The summed E-state index contributed by atoms with van der Waals surface area (Å²) in [5, 5.41) is 21.5. The van der Waals surface area contributed by atoms with Crippen molar-refractivity contribution in [3.8, 4) is 5.75 Å². The standard InChI is InChI=1S/C23H23F3N6O3/c1-35-19-9-17-14(11-32(30-17)15-4-2-13(12-33)3-5-15)8-18(19)28-22(34)16-10-27-31-7-6-20(23(24,25)26)29-21(16)31/h6-11,13,15,33H,2-5,12H2,1H3,(H,28,34)/t13-,15-. The molecule has 1 aliphatic carbocycles. The molecule has 4 aromatic rings. The predicted octanol–water partition coefficient (Wildman–Crippen LogP) is 4.08. The van der Waals surface area contributed by atoms with Gasteiger partial charge in [-0.2, -0.15) is 23.4 Å². The summed E-state index contributed by atoms with van der Waals surface area (Å²) in [6, 6.07) is 4.44. The summed E-state index contributed by atoms with van der Waals surface area (Å²) < 4.78 is 47.7. The third kappa shape index (κ3) is 4.41. The van der Waals surface area contributed by atoms with Gasteiger partial charge in [-0.25, -0.2) is 9.50 Å². The maximum absolute atomic E-state index is 13.1. The van der Waals surface area contributed by atoms with E-state index in [1.54, 1.807) is 12.1 Å². The van der Waals surface area contributed by atoms with Gasteiger partial charge in [-0.1, -0.05) is 0 Å². The topological polar surface area (TPSA) is 107 Å². The highest BCUT2D eigenvalue weighted by atomic mass is 19.4. The van der Waals surface area contributed by atoms with Gasteiger partial charge in [-0.05, 0) is 43.7 Å². The number of fused-ring (bicyclic) bond motifs is 2. The van der Waals surface area contributed by atoms with Crippen molar-refractivity contribution in [1.82, 2.24) is 24.4 Å². The van der Waals surface area contributed by atoms with Crippen molar-refractivity contribution >= 4 is 28.1 Å². The highest BCUT2D eigenvalue weighted by Gasteiger charge is 2.33. The molecule has 35 heavy (non-hydrogen) atoms. The molecule has 5 rings (SSSR count). The molecule has 1 fully saturated rings. The van der Waals surface area contributed by atoms with Crippen LogP contribution in [0.2, 0.25) is 0 Å². The molecule has 1 aromatic carbocycles. The van der Waals surface area contributed by atoms with E-state index in [1.165, 1.54) is 13.3 Å². The van der Waals surface area contributed by atoms with Gasteiger partial charge in [0.2, 0.25) is 0 Å². The van der Waals surface area contributed by atoms with Crippen LogP contribution in [0.1, 0.15) is 47.8 Å². The number of ether oxygens (including phenoxy) is 1. The maximum Gasteiger partial charge on any atom is 0.433 e. The molecule has 0 atom stereocenters. The van der Waals surface area contributed by atoms with Gasteiger partial charge in [0.05, 0.1) is 30.6 Å². The molecule has 0 unspecified atom stereocenters. The third-order valence-electron chi connectivity index (χ3n) is 6.44. The van der Waals surface area contributed by atoms with Crippen molar-refractivity contribution in [2.24, 2.45) is 5.92 Å². The van der Waals surface area contributed by atoms with E-state index >= 15 is 0 Å². The lowest BCUT2D eigenvalue weighted by atomic mass is 9.87. The van der Waals surface area contributed by atoms with Crippen LogP contribution < -0.4 is 10.1 Å². The minimum atomic E-state index is -4.65. The van der Waals surface area contributed by atoms with Crippen LogP contribution in [0.3, 0.4) is 0 Å². The number of amides is 1. The van der Waals surface area contributed by atoms with E-state index in [1.807, 2.05) is 10.9 Å². The first kappa shape index (κ1) is 23.1. The monoisotopic (exact) mass is 488 g/mol. The lowest BCUT2D eigenvalue weighted by Crippen LogP contribution is -2.20. The maximum atomic E-state index is 13.1. The molecule has 1 aliphatic rings. The SMILES string of the molecule is COc1cc2nn([C@H]3CC[C@H](CO)CC3)cc2cc1NC(=O)c1cnn2ccc(C(F)(F)F)nc12. The minimum absolute atomic E-state index is 0.102. The van der Waals surface area contributed by atoms with Crippen LogP contribution in [-0.4, -0.2) is 49.1 Å². The zero-order valence-electron chi connectivity index (χ0n) is 18.8. The summed E-state index contributed by atoms with van der Waals surface area (Å²) in [5.74, 6) is 0.0273. The number of benzene rings is 1. The molecule has 9 nitrogen and oxygen atoms in total. The summed E-state index contributed by atoms with van der Waals surface area (Å²) in [6.07, 6.45) is 3.24. The zero-order chi connectivity index (χ0) is 24.7. The molecule has 3 aromatic heterocycles. The molecule has 0 bridgehead atoms. The Kier molecular flexibility index (Phi) is 5.83. The summed E-state index contributed by atoms with van der Waals surface area (Å²) in [4.78, 5) is 16.6. The molecule has 0 spiro atoms. The Bertz CT molecular complexity index is 1390. The number of anilines is 1. The fourth-order valence-corrected chi connectivity index (χ4v) is 4.49. The van der Waals surface area contributed by atoms with Crippen LogP contribution in [-0.2, 0) is 6.18 Å². The lowest BCUT2D eigenvalue weighted by Gasteiger charge is -2.27. The predicted molar refractivity (Wildman–Crippen MR) is 120 cm³/mol. The molecule has 0 aliphatic heterocycles. The van der Waals surface area contributed by atoms with Gasteiger partial charge >= 0.3 is 6.18 Å². The van der Waals surface area contributed by atoms with E-state index in [4.69, 9.17) is 4.74 Å². The Balaban J connectivity index is 1.43. The fraction of sp³-hybridized carbons (Fsp3) is 0.391. The number of carbonyl (C=O) groups excluding carboxylic acids is 1. The van der Waals surface area contributed by atoms with Crippen molar-refractivity contribution in [1.29, 1.82) is 0 Å². The molecule has 0 radical (unpaired) electrons. The minimum Gasteiger partial charge on any atom is -0.494 e. The number of hydrogen-bond donors (Lipinski definition) is 2. The summed E-state index contributed by atoms with van der Waals surface area (Å²) in [6.45, 7) is 0.202. The van der Waals surface area contributed by atoms with E-state index in [0.717, 1.165) is 47.8 Å². The largest absolute Gasteiger partial charge is 0.494 e. The quantitative estimate of drug-likeness (QED) is 0.439. The van der Waals surface area contributed by atoms with Crippen molar-refractivity contribution in [2.45, 2.75) is 37.9 Å². The second-order valence-corrected chi connectivity index (χ2v) is 8.67. The number of halogens is 3. The second-order valence-electron chi connectivity index (χ2n) is 8.67. The molecule has 1 saturated carbocycles. The summed E-state index contributed by atoms with van der Waals surface area (Å²) in [7, 11) is 1.45. The number of carbonyl (C=O) groups is 1. The van der Waals surface area contributed by atoms with Crippen LogP contribution in [0, 0.1) is 5.92 Å². The second kappa shape index (κ2) is 8.84. The van der Waals surface area contributed by atoms with Crippen LogP contribution in [0.4, 0.5) is 18.9 Å². The molecule has 3 heterocycles. The Morgan fingerprint density at radius 1 is 1.26 bits per heavy atom. The Hall–Kier alpha value is -3.67. The number of methoxy groups -OCH3 is 1. The number of aliphatic hydroxyl groups excluding tert-OH is 1. The van der Waals surface area contributed by atoms with Gasteiger partial charge in [0.15, 0.2) is 5.65 Å². The Labute approximate surface area is 197 Å². The summed E-state index contributed by atoms with van der Waals surface area (Å²) in [5.41, 5.74) is -0.381. The van der Waals surface area contributed by atoms with Crippen LogP contribution in [0.15, 0.2) is 36.8 Å². The van der Waals surface area contributed by atoms with Gasteiger partial charge < -0.3 is 15.2 Å². The first-order valence-corrected chi connectivity index (χ1v) is 11.2. The third-order valence-corrected chi connectivity index (χ3v) is 6.44. The van der Waals surface area contributed by atoms with E-state index < -0.39 is 17.8 Å². The average molecular weight is 488 g/mol. The van der Waals surface area contributed by atoms with E-state index in [9.17, 15) is 23.1 Å².